The number of anilines is 1. The average molecular weight is 247 g/mol. The summed E-state index contributed by atoms with van der Waals surface area (Å²) >= 11 is 0. The monoisotopic (exact) mass is 247 g/mol. The second kappa shape index (κ2) is 4.01. The Bertz CT molecular complexity index is 455. The van der Waals surface area contributed by atoms with E-state index in [9.17, 15) is 22.4 Å². The number of ketones is 1. The van der Waals surface area contributed by atoms with Crippen LogP contribution in [0.3, 0.4) is 0 Å². The second-order valence-electron chi connectivity index (χ2n) is 3.87. The van der Waals surface area contributed by atoms with Gasteiger partial charge in [0.25, 0.3) is 0 Å². The van der Waals surface area contributed by atoms with E-state index in [-0.39, 0.29) is 31.0 Å². The van der Waals surface area contributed by atoms with Gasteiger partial charge in [0.05, 0.1) is 17.8 Å². The van der Waals surface area contributed by atoms with Crippen molar-refractivity contribution in [1.29, 1.82) is 0 Å². The van der Waals surface area contributed by atoms with Crippen molar-refractivity contribution >= 4 is 11.5 Å². The Hall–Kier alpha value is -1.59. The zero-order chi connectivity index (χ0) is 12.6. The van der Waals surface area contributed by atoms with Gasteiger partial charge >= 0.3 is 6.18 Å². The Morgan fingerprint density at radius 3 is 2.47 bits per heavy atom. The zero-order valence-electron chi connectivity index (χ0n) is 8.72. The molecular weight excluding hydrogens is 238 g/mol. The van der Waals surface area contributed by atoms with Gasteiger partial charge in [0.1, 0.15) is 5.82 Å². The van der Waals surface area contributed by atoms with Crippen molar-refractivity contribution < 1.29 is 22.4 Å². The standard InChI is InChI=1S/C11H9F4NO/c12-9-2-1-7(11(13,14)15)5-10(9)16-4-3-8(17)6-16/h1-2,5H,3-4,6H2. The fraction of sp³-hybridized carbons (Fsp3) is 0.364. The van der Waals surface area contributed by atoms with Gasteiger partial charge in [0.15, 0.2) is 5.78 Å². The highest BCUT2D eigenvalue weighted by molar-refractivity contribution is 5.87. The molecule has 1 aromatic rings. The van der Waals surface area contributed by atoms with Crippen LogP contribution in [-0.4, -0.2) is 18.9 Å². The summed E-state index contributed by atoms with van der Waals surface area (Å²) < 4.78 is 50.8. The van der Waals surface area contributed by atoms with E-state index in [2.05, 4.69) is 0 Å². The molecule has 6 heteroatoms. The first-order valence-electron chi connectivity index (χ1n) is 5.01. The van der Waals surface area contributed by atoms with Crippen LogP contribution in [0.4, 0.5) is 23.2 Å². The van der Waals surface area contributed by atoms with E-state index in [4.69, 9.17) is 0 Å². The summed E-state index contributed by atoms with van der Waals surface area (Å²) in [6.07, 6.45) is -4.26. The number of halogens is 4. The third kappa shape index (κ3) is 2.40. The summed E-state index contributed by atoms with van der Waals surface area (Å²) in [6, 6.07) is 2.21. The van der Waals surface area contributed by atoms with Gasteiger partial charge in [-0.2, -0.15) is 13.2 Å². The van der Waals surface area contributed by atoms with Gasteiger partial charge in [0.2, 0.25) is 0 Å². The van der Waals surface area contributed by atoms with Crippen molar-refractivity contribution in [3.8, 4) is 0 Å². The molecular formula is C11H9F4NO. The van der Waals surface area contributed by atoms with Crippen LogP contribution in [0.5, 0.6) is 0 Å². The van der Waals surface area contributed by atoms with Crippen LogP contribution in [0, 0.1) is 5.82 Å². The third-order valence-electron chi connectivity index (χ3n) is 2.64. The molecule has 0 radical (unpaired) electrons. The molecule has 17 heavy (non-hydrogen) atoms. The molecule has 0 saturated carbocycles. The number of carbonyl (C=O) groups is 1. The van der Waals surface area contributed by atoms with E-state index in [0.717, 1.165) is 12.1 Å². The van der Waals surface area contributed by atoms with Gasteiger partial charge < -0.3 is 4.90 Å². The van der Waals surface area contributed by atoms with Crippen LogP contribution in [0.2, 0.25) is 0 Å². The molecule has 0 N–H and O–H groups in total. The number of benzene rings is 1. The van der Waals surface area contributed by atoms with Gasteiger partial charge in [-0.15, -0.1) is 0 Å². The van der Waals surface area contributed by atoms with Crippen molar-refractivity contribution in [1.82, 2.24) is 0 Å². The fourth-order valence-corrected chi connectivity index (χ4v) is 1.77. The fourth-order valence-electron chi connectivity index (χ4n) is 1.77. The highest BCUT2D eigenvalue weighted by Gasteiger charge is 2.32. The van der Waals surface area contributed by atoms with E-state index in [1.807, 2.05) is 0 Å². The van der Waals surface area contributed by atoms with Gasteiger partial charge in [-0.1, -0.05) is 0 Å². The smallest absolute Gasteiger partial charge is 0.361 e. The van der Waals surface area contributed by atoms with E-state index in [1.54, 1.807) is 0 Å². The van der Waals surface area contributed by atoms with E-state index < -0.39 is 17.6 Å². The van der Waals surface area contributed by atoms with Gasteiger partial charge in [-0.05, 0) is 18.2 Å². The van der Waals surface area contributed by atoms with E-state index in [1.165, 1.54) is 4.90 Å². The number of rotatable bonds is 1. The van der Waals surface area contributed by atoms with Crippen LogP contribution in [0.15, 0.2) is 18.2 Å². The molecule has 0 spiro atoms. The maximum absolute atomic E-state index is 13.4. The van der Waals surface area contributed by atoms with Crippen LogP contribution >= 0.6 is 0 Å². The molecule has 1 aliphatic heterocycles. The Morgan fingerprint density at radius 1 is 1.24 bits per heavy atom. The molecule has 0 atom stereocenters. The lowest BCUT2D eigenvalue weighted by Crippen LogP contribution is -2.21. The Kier molecular flexibility index (Phi) is 2.81. The average Bonchev–Trinajstić information content (AvgIpc) is 2.63. The second-order valence-corrected chi connectivity index (χ2v) is 3.87. The summed E-state index contributed by atoms with van der Waals surface area (Å²) in [6.45, 7) is 0.231. The Labute approximate surface area is 94.8 Å². The van der Waals surface area contributed by atoms with E-state index in [0.29, 0.717) is 6.07 Å². The summed E-state index contributed by atoms with van der Waals surface area (Å²) in [5.74, 6) is -0.838. The zero-order valence-corrected chi connectivity index (χ0v) is 8.72. The molecule has 0 aliphatic carbocycles. The number of Topliss-reactive ketones (excluding diaryl/α,β-unsaturated/α-hetero) is 1. The topological polar surface area (TPSA) is 20.3 Å². The molecule has 1 heterocycles. The first-order valence-corrected chi connectivity index (χ1v) is 5.01. The molecule has 0 aromatic heterocycles. The highest BCUT2D eigenvalue weighted by Crippen LogP contribution is 2.33. The summed E-state index contributed by atoms with van der Waals surface area (Å²) in [4.78, 5) is 12.4. The van der Waals surface area contributed by atoms with Crippen LogP contribution in [-0.2, 0) is 11.0 Å². The molecule has 1 aliphatic rings. The highest BCUT2D eigenvalue weighted by atomic mass is 19.4. The van der Waals surface area contributed by atoms with E-state index >= 15 is 0 Å². The summed E-state index contributed by atoms with van der Waals surface area (Å²) in [5.41, 5.74) is -1.07. The predicted molar refractivity (Wildman–Crippen MR) is 53.2 cm³/mol. The molecule has 2 rings (SSSR count). The minimum absolute atomic E-state index is 0.0295. The molecule has 1 saturated heterocycles. The largest absolute Gasteiger partial charge is 0.416 e. The van der Waals surface area contributed by atoms with Gasteiger partial charge in [0, 0.05) is 13.0 Å². The molecule has 2 nitrogen and oxygen atoms in total. The number of alkyl halides is 3. The van der Waals surface area contributed by atoms with Crippen LogP contribution in [0.25, 0.3) is 0 Å². The predicted octanol–water partition coefficient (Wildman–Crippen LogP) is 2.62. The lowest BCUT2D eigenvalue weighted by molar-refractivity contribution is -0.137. The van der Waals surface area contributed by atoms with Crippen molar-refractivity contribution in [2.75, 3.05) is 18.0 Å². The van der Waals surface area contributed by atoms with Crippen molar-refractivity contribution in [3.05, 3.63) is 29.6 Å². The van der Waals surface area contributed by atoms with Crippen molar-refractivity contribution in [2.45, 2.75) is 12.6 Å². The van der Waals surface area contributed by atoms with Gasteiger partial charge in [-0.25, -0.2) is 4.39 Å². The minimum atomic E-state index is -4.51. The maximum atomic E-state index is 13.4. The first kappa shape index (κ1) is 11.9. The Morgan fingerprint density at radius 2 is 1.94 bits per heavy atom. The molecule has 92 valence electrons. The van der Waals surface area contributed by atoms with Crippen LogP contribution in [0.1, 0.15) is 12.0 Å². The number of nitrogens with zero attached hydrogens (tertiary/aromatic N) is 1. The minimum Gasteiger partial charge on any atom is -0.361 e. The number of carbonyl (C=O) groups excluding carboxylic acids is 1. The van der Waals surface area contributed by atoms with Crippen molar-refractivity contribution in [3.63, 3.8) is 0 Å². The molecule has 0 bridgehead atoms. The lowest BCUT2D eigenvalue weighted by Gasteiger charge is -2.19. The normalized spacial score (nSPS) is 16.7. The molecule has 0 unspecified atom stereocenters. The lowest BCUT2D eigenvalue weighted by atomic mass is 10.1. The molecule has 0 amide bonds. The van der Waals surface area contributed by atoms with Crippen molar-refractivity contribution in [2.24, 2.45) is 0 Å². The summed E-state index contributed by atoms with van der Waals surface area (Å²) in [5, 5.41) is 0. The summed E-state index contributed by atoms with van der Waals surface area (Å²) in [7, 11) is 0. The molecule has 1 aromatic carbocycles. The SMILES string of the molecule is O=C1CCN(c2cc(C(F)(F)F)ccc2F)C1. The number of hydrogen-bond donors (Lipinski definition) is 0. The molecule has 1 fully saturated rings. The quantitative estimate of drug-likeness (QED) is 0.711. The number of hydrogen-bond acceptors (Lipinski definition) is 2. The first-order chi connectivity index (χ1) is 7.88. The maximum Gasteiger partial charge on any atom is 0.416 e. The van der Waals surface area contributed by atoms with Crippen LogP contribution < -0.4 is 4.90 Å². The third-order valence-corrected chi connectivity index (χ3v) is 2.64. The Balaban J connectivity index is 2.36. The van der Waals surface area contributed by atoms with Gasteiger partial charge in [-0.3, -0.25) is 4.79 Å².